The number of hydrogen-bond acceptors (Lipinski definition) is 3. The molecule has 4 heteroatoms. The first-order valence-corrected chi connectivity index (χ1v) is 5.66. The molecule has 0 aliphatic carbocycles. The summed E-state index contributed by atoms with van der Waals surface area (Å²) in [6.45, 7) is 8.42. The van der Waals surface area contributed by atoms with Crippen LogP contribution in [0.3, 0.4) is 0 Å². The maximum atomic E-state index is 5.50. The Labute approximate surface area is 92.3 Å². The van der Waals surface area contributed by atoms with Crippen LogP contribution in [0.1, 0.15) is 13.8 Å². The van der Waals surface area contributed by atoms with E-state index >= 15 is 0 Å². The van der Waals surface area contributed by atoms with Crippen molar-refractivity contribution in [2.75, 3.05) is 45.9 Å². The fourth-order valence-electron chi connectivity index (χ4n) is 1.38. The second kappa shape index (κ2) is 9.71. The molecule has 0 rings (SSSR count). The third kappa shape index (κ3) is 6.60. The first kappa shape index (κ1) is 14.2. The Hall–Kier alpha value is 0.170. The minimum atomic E-state index is 0.449. The van der Waals surface area contributed by atoms with E-state index in [1.165, 1.54) is 0 Å². The average Bonchev–Trinajstić information content (AvgIpc) is 2.18. The van der Waals surface area contributed by atoms with E-state index in [-0.39, 0.29) is 0 Å². The van der Waals surface area contributed by atoms with Crippen LogP contribution in [0.2, 0.25) is 0 Å². The van der Waals surface area contributed by atoms with Crippen LogP contribution in [0.4, 0.5) is 0 Å². The van der Waals surface area contributed by atoms with Crippen molar-refractivity contribution in [2.24, 2.45) is 0 Å². The molecule has 0 N–H and O–H groups in total. The normalized spacial score (nSPS) is 13.5. The van der Waals surface area contributed by atoms with Crippen molar-refractivity contribution in [1.29, 1.82) is 0 Å². The van der Waals surface area contributed by atoms with E-state index in [0.717, 1.165) is 26.3 Å². The van der Waals surface area contributed by atoms with E-state index in [2.05, 4.69) is 18.7 Å². The topological polar surface area (TPSA) is 21.7 Å². The van der Waals surface area contributed by atoms with Gasteiger partial charge in [0.05, 0.1) is 19.8 Å². The quantitative estimate of drug-likeness (QED) is 0.438. The molecular formula is C10H22ClNO2. The number of hydrogen-bond donors (Lipinski definition) is 0. The number of alkyl halides is 1. The van der Waals surface area contributed by atoms with Crippen LogP contribution in [-0.4, -0.2) is 56.8 Å². The van der Waals surface area contributed by atoms with Gasteiger partial charge in [0, 0.05) is 25.6 Å². The van der Waals surface area contributed by atoms with E-state index in [1.54, 1.807) is 7.11 Å². The minimum Gasteiger partial charge on any atom is -0.383 e. The Bertz CT molecular complexity index is 125. The van der Waals surface area contributed by atoms with Gasteiger partial charge in [-0.3, -0.25) is 4.90 Å². The monoisotopic (exact) mass is 223 g/mol. The molecule has 0 saturated heterocycles. The lowest BCUT2D eigenvalue weighted by molar-refractivity contribution is 0.0676. The van der Waals surface area contributed by atoms with Gasteiger partial charge in [-0.25, -0.2) is 0 Å². The van der Waals surface area contributed by atoms with Crippen molar-refractivity contribution in [3.8, 4) is 0 Å². The van der Waals surface area contributed by atoms with E-state index in [9.17, 15) is 0 Å². The van der Waals surface area contributed by atoms with Crippen LogP contribution >= 0.6 is 11.6 Å². The lowest BCUT2D eigenvalue weighted by Gasteiger charge is -2.26. The van der Waals surface area contributed by atoms with E-state index in [4.69, 9.17) is 21.1 Å². The lowest BCUT2D eigenvalue weighted by atomic mass is 10.3. The number of ether oxygens (including phenoxy) is 2. The van der Waals surface area contributed by atoms with Crippen LogP contribution in [-0.2, 0) is 9.47 Å². The third-order valence-electron chi connectivity index (χ3n) is 2.18. The summed E-state index contributed by atoms with van der Waals surface area (Å²) in [7, 11) is 1.73. The molecular weight excluding hydrogens is 202 g/mol. The Kier molecular flexibility index (Phi) is 9.83. The van der Waals surface area contributed by atoms with Gasteiger partial charge in [-0.15, -0.1) is 11.6 Å². The van der Waals surface area contributed by atoms with Crippen molar-refractivity contribution < 1.29 is 9.47 Å². The van der Waals surface area contributed by atoms with Gasteiger partial charge in [-0.1, -0.05) is 6.92 Å². The molecule has 0 aliphatic heterocycles. The lowest BCUT2D eigenvalue weighted by Crippen LogP contribution is -2.38. The van der Waals surface area contributed by atoms with Crippen molar-refractivity contribution in [1.82, 2.24) is 4.90 Å². The predicted molar refractivity (Wildman–Crippen MR) is 60.1 cm³/mol. The number of rotatable bonds is 9. The van der Waals surface area contributed by atoms with Crippen molar-refractivity contribution in [3.63, 3.8) is 0 Å². The molecule has 0 saturated carbocycles. The molecule has 0 radical (unpaired) electrons. The van der Waals surface area contributed by atoms with Gasteiger partial charge in [0.1, 0.15) is 0 Å². The summed E-state index contributed by atoms with van der Waals surface area (Å²) in [5.41, 5.74) is 0. The van der Waals surface area contributed by atoms with Crippen LogP contribution < -0.4 is 0 Å². The molecule has 0 aromatic rings. The first-order chi connectivity index (χ1) is 6.76. The Balaban J connectivity index is 3.56. The zero-order valence-corrected chi connectivity index (χ0v) is 10.2. The van der Waals surface area contributed by atoms with E-state index < -0.39 is 0 Å². The molecule has 1 unspecified atom stereocenters. The number of likely N-dealkylation sites (N-methyl/N-ethyl adjacent to an activating group) is 1. The Morgan fingerprint density at radius 1 is 1.36 bits per heavy atom. The third-order valence-corrected chi connectivity index (χ3v) is 2.34. The largest absolute Gasteiger partial charge is 0.383 e. The molecule has 0 aromatic heterocycles. The maximum Gasteiger partial charge on any atom is 0.0615 e. The highest BCUT2D eigenvalue weighted by Gasteiger charge is 2.10. The van der Waals surface area contributed by atoms with Crippen molar-refractivity contribution >= 4 is 11.6 Å². The summed E-state index contributed by atoms with van der Waals surface area (Å²) in [6.07, 6.45) is 0. The van der Waals surface area contributed by atoms with Gasteiger partial charge in [0.2, 0.25) is 0 Å². The number of nitrogens with zero attached hydrogens (tertiary/aromatic N) is 1. The molecule has 14 heavy (non-hydrogen) atoms. The van der Waals surface area contributed by atoms with Crippen LogP contribution in [0.15, 0.2) is 0 Å². The molecule has 1 atom stereocenters. The fraction of sp³-hybridized carbons (Fsp3) is 1.00. The zero-order chi connectivity index (χ0) is 10.8. The molecule has 0 bridgehead atoms. The van der Waals surface area contributed by atoms with Gasteiger partial charge < -0.3 is 9.47 Å². The van der Waals surface area contributed by atoms with Crippen LogP contribution in [0, 0.1) is 0 Å². The molecule has 0 heterocycles. The first-order valence-electron chi connectivity index (χ1n) is 5.12. The van der Waals surface area contributed by atoms with Crippen molar-refractivity contribution in [3.05, 3.63) is 0 Å². The smallest absolute Gasteiger partial charge is 0.0615 e. The van der Waals surface area contributed by atoms with Gasteiger partial charge >= 0.3 is 0 Å². The molecule has 86 valence electrons. The molecule has 0 spiro atoms. The van der Waals surface area contributed by atoms with Crippen molar-refractivity contribution in [2.45, 2.75) is 19.9 Å². The Morgan fingerprint density at radius 3 is 2.57 bits per heavy atom. The molecule has 0 fully saturated rings. The average molecular weight is 224 g/mol. The van der Waals surface area contributed by atoms with Gasteiger partial charge in [0.15, 0.2) is 0 Å². The minimum absolute atomic E-state index is 0.449. The van der Waals surface area contributed by atoms with Gasteiger partial charge in [-0.05, 0) is 13.5 Å². The summed E-state index contributed by atoms with van der Waals surface area (Å²) in [6, 6.07) is 0.449. The summed E-state index contributed by atoms with van der Waals surface area (Å²) in [4.78, 5) is 2.33. The van der Waals surface area contributed by atoms with E-state index in [1.807, 2.05) is 0 Å². The second-order valence-corrected chi connectivity index (χ2v) is 3.61. The zero-order valence-electron chi connectivity index (χ0n) is 9.46. The number of halogens is 1. The van der Waals surface area contributed by atoms with E-state index in [0.29, 0.717) is 18.5 Å². The fourth-order valence-corrected chi connectivity index (χ4v) is 1.48. The SMILES string of the molecule is CCN(CCOCCCl)C(C)COC. The highest BCUT2D eigenvalue weighted by molar-refractivity contribution is 6.17. The summed E-state index contributed by atoms with van der Waals surface area (Å²) >= 11 is 5.50. The van der Waals surface area contributed by atoms with Gasteiger partial charge in [0.25, 0.3) is 0 Å². The molecule has 0 amide bonds. The van der Waals surface area contributed by atoms with Crippen LogP contribution in [0.5, 0.6) is 0 Å². The summed E-state index contributed by atoms with van der Waals surface area (Å²) in [5, 5.41) is 0. The number of methoxy groups -OCH3 is 1. The standard InChI is InChI=1S/C10H22ClNO2/c1-4-12(10(2)9-13-3)6-8-14-7-5-11/h10H,4-9H2,1-3H3. The van der Waals surface area contributed by atoms with Crippen LogP contribution in [0.25, 0.3) is 0 Å². The second-order valence-electron chi connectivity index (χ2n) is 3.23. The maximum absolute atomic E-state index is 5.50. The predicted octanol–water partition coefficient (Wildman–Crippen LogP) is 1.60. The summed E-state index contributed by atoms with van der Waals surface area (Å²) < 4.78 is 10.4. The Morgan fingerprint density at radius 2 is 2.07 bits per heavy atom. The molecule has 0 aromatic carbocycles. The highest BCUT2D eigenvalue weighted by atomic mass is 35.5. The highest BCUT2D eigenvalue weighted by Crippen LogP contribution is 1.98. The molecule has 0 aliphatic rings. The van der Waals surface area contributed by atoms with Gasteiger partial charge in [-0.2, -0.15) is 0 Å². The molecule has 3 nitrogen and oxygen atoms in total. The summed E-state index contributed by atoms with van der Waals surface area (Å²) in [5.74, 6) is 0.569.